The normalized spacial score (nSPS) is 21.9. The molecular formula is C22H18N4O. The lowest BCUT2D eigenvalue weighted by Gasteiger charge is -2.31. The minimum Gasteiger partial charge on any atom is -0.267 e. The summed E-state index contributed by atoms with van der Waals surface area (Å²) in [6.07, 6.45) is 9.88. The van der Waals surface area contributed by atoms with E-state index in [2.05, 4.69) is 27.7 Å². The molecule has 3 aromatic rings. The average Bonchev–Trinajstić information content (AvgIpc) is 3.08. The van der Waals surface area contributed by atoms with Gasteiger partial charge in [0, 0.05) is 35.0 Å². The quantitative estimate of drug-likeness (QED) is 0.571. The molecule has 1 fully saturated rings. The number of allylic oxidation sites excluding steroid dienone is 2. The topological polar surface area (TPSA) is 67.2 Å². The van der Waals surface area contributed by atoms with E-state index in [1.165, 1.54) is 0 Å². The molecule has 2 atom stereocenters. The van der Waals surface area contributed by atoms with Crippen molar-refractivity contribution in [3.8, 4) is 11.3 Å². The summed E-state index contributed by atoms with van der Waals surface area (Å²) in [7, 11) is 0. The zero-order valence-electron chi connectivity index (χ0n) is 14.7. The van der Waals surface area contributed by atoms with Crippen LogP contribution < -0.4 is 5.43 Å². The zero-order valence-corrected chi connectivity index (χ0v) is 14.7. The van der Waals surface area contributed by atoms with Crippen LogP contribution in [0.25, 0.3) is 22.2 Å². The Hall–Kier alpha value is -3.34. The summed E-state index contributed by atoms with van der Waals surface area (Å²) in [6.45, 7) is 0. The molecule has 0 bridgehead atoms. The van der Waals surface area contributed by atoms with Gasteiger partial charge in [0.2, 0.25) is 0 Å². The number of benzene rings is 1. The van der Waals surface area contributed by atoms with Gasteiger partial charge in [0.15, 0.2) is 0 Å². The minimum absolute atomic E-state index is 0.203. The lowest BCUT2D eigenvalue weighted by molar-refractivity contribution is 0.0955. The maximum atomic E-state index is 12.9. The van der Waals surface area contributed by atoms with Crippen LogP contribution in [-0.4, -0.2) is 21.6 Å². The van der Waals surface area contributed by atoms with Crippen LogP contribution in [0.2, 0.25) is 0 Å². The fraction of sp³-hybridized carbons (Fsp3) is 0.182. The number of amides is 1. The van der Waals surface area contributed by atoms with Gasteiger partial charge < -0.3 is 0 Å². The molecule has 5 nitrogen and oxygen atoms in total. The van der Waals surface area contributed by atoms with E-state index in [4.69, 9.17) is 4.98 Å². The van der Waals surface area contributed by atoms with Crippen LogP contribution >= 0.6 is 0 Å². The molecular weight excluding hydrogens is 336 g/mol. The number of carbonyl (C=O) groups excluding carboxylic acids is 1. The molecule has 2 aliphatic rings. The molecule has 5 heteroatoms. The van der Waals surface area contributed by atoms with E-state index in [1.54, 1.807) is 12.4 Å². The van der Waals surface area contributed by atoms with E-state index in [9.17, 15) is 4.79 Å². The molecule has 2 aromatic heterocycles. The van der Waals surface area contributed by atoms with Gasteiger partial charge in [-0.1, -0.05) is 30.4 Å². The Kier molecular flexibility index (Phi) is 3.78. The first kappa shape index (κ1) is 15.9. The molecule has 2 heterocycles. The second-order valence-corrected chi connectivity index (χ2v) is 6.99. The molecule has 0 saturated heterocycles. The van der Waals surface area contributed by atoms with Crippen LogP contribution in [0.5, 0.6) is 0 Å². The summed E-state index contributed by atoms with van der Waals surface area (Å²) < 4.78 is 0. The maximum absolute atomic E-state index is 12.9. The van der Waals surface area contributed by atoms with Crippen molar-refractivity contribution in [1.82, 2.24) is 15.4 Å². The number of carbonyl (C=O) groups is 1. The van der Waals surface area contributed by atoms with E-state index < -0.39 is 0 Å². The summed E-state index contributed by atoms with van der Waals surface area (Å²) in [6, 6.07) is 13.3. The lowest BCUT2D eigenvalue weighted by atomic mass is 9.74. The predicted octanol–water partition coefficient (Wildman–Crippen LogP) is 3.98. The Bertz CT molecular complexity index is 1090. The number of pyridine rings is 2. The van der Waals surface area contributed by atoms with Gasteiger partial charge >= 0.3 is 0 Å². The Morgan fingerprint density at radius 2 is 2.00 bits per heavy atom. The summed E-state index contributed by atoms with van der Waals surface area (Å²) >= 11 is 0. The van der Waals surface area contributed by atoms with Gasteiger partial charge in [0.05, 0.1) is 16.8 Å². The molecule has 0 spiro atoms. The molecule has 0 unspecified atom stereocenters. The van der Waals surface area contributed by atoms with E-state index in [0.29, 0.717) is 17.4 Å². The predicted molar refractivity (Wildman–Crippen MR) is 105 cm³/mol. The van der Waals surface area contributed by atoms with Crippen molar-refractivity contribution >= 4 is 22.5 Å². The number of nitrogens with zero attached hydrogens (tertiary/aromatic N) is 3. The number of nitrogens with one attached hydrogen (secondary N) is 1. The number of rotatable bonds is 3. The number of hydrogen-bond acceptors (Lipinski definition) is 4. The van der Waals surface area contributed by atoms with Gasteiger partial charge in [-0.15, -0.1) is 0 Å². The van der Waals surface area contributed by atoms with Crippen LogP contribution in [0.1, 0.15) is 23.2 Å². The lowest BCUT2D eigenvalue weighted by Crippen LogP contribution is -2.35. The monoisotopic (exact) mass is 354 g/mol. The third-order valence-electron chi connectivity index (χ3n) is 5.40. The van der Waals surface area contributed by atoms with E-state index in [1.807, 2.05) is 42.5 Å². The number of fused-ring (bicyclic) bond motifs is 2. The summed E-state index contributed by atoms with van der Waals surface area (Å²) in [5, 5.41) is 5.23. The molecule has 0 aliphatic heterocycles. The second-order valence-electron chi connectivity index (χ2n) is 6.99. The molecule has 5 rings (SSSR count). The highest BCUT2D eigenvalue weighted by molar-refractivity contribution is 6.07. The molecule has 1 aromatic carbocycles. The van der Waals surface area contributed by atoms with E-state index in [0.717, 1.165) is 40.7 Å². The third-order valence-corrected chi connectivity index (χ3v) is 5.40. The fourth-order valence-corrected chi connectivity index (χ4v) is 3.88. The SMILES string of the molecule is O=C(N/N=C1/C[C@@H]2C=CC[C@@H]12)c1cc(-c2ccncc2)nc2ccccc12. The van der Waals surface area contributed by atoms with Gasteiger partial charge in [-0.2, -0.15) is 5.10 Å². The molecule has 27 heavy (non-hydrogen) atoms. The maximum Gasteiger partial charge on any atom is 0.272 e. The van der Waals surface area contributed by atoms with Gasteiger partial charge in [0.25, 0.3) is 5.91 Å². The number of hydrazone groups is 1. The minimum atomic E-state index is -0.203. The van der Waals surface area contributed by atoms with Crippen molar-refractivity contribution in [2.75, 3.05) is 0 Å². The number of aromatic nitrogens is 2. The Balaban J connectivity index is 1.49. The van der Waals surface area contributed by atoms with Gasteiger partial charge in [0.1, 0.15) is 0 Å². The third kappa shape index (κ3) is 2.81. The van der Waals surface area contributed by atoms with Crippen LogP contribution in [0, 0.1) is 11.8 Å². The van der Waals surface area contributed by atoms with Crippen molar-refractivity contribution in [2.24, 2.45) is 16.9 Å². The number of hydrogen-bond donors (Lipinski definition) is 1. The van der Waals surface area contributed by atoms with Crippen LogP contribution in [-0.2, 0) is 0 Å². The van der Waals surface area contributed by atoms with Crippen molar-refractivity contribution < 1.29 is 4.79 Å². The van der Waals surface area contributed by atoms with Crippen molar-refractivity contribution in [2.45, 2.75) is 12.8 Å². The standard InChI is InChI=1S/C22H18N4O/c27-22(26-25-21-12-15-4-3-6-16(15)21)18-13-20(14-8-10-23-11-9-14)24-19-7-2-1-5-17(18)19/h1-5,7-11,13,15-16H,6,12H2,(H,26,27)/b25-21-/t15-,16+/m0/s1. The first-order chi connectivity index (χ1) is 13.3. The molecule has 1 N–H and O–H groups in total. The van der Waals surface area contributed by atoms with Gasteiger partial charge in [-0.05, 0) is 43.0 Å². The van der Waals surface area contributed by atoms with Crippen LogP contribution in [0.3, 0.4) is 0 Å². The first-order valence-corrected chi connectivity index (χ1v) is 9.13. The summed E-state index contributed by atoms with van der Waals surface area (Å²) in [5.41, 5.74) is 6.89. The van der Waals surface area contributed by atoms with Gasteiger partial charge in [-0.3, -0.25) is 9.78 Å². The Labute approximate surface area is 156 Å². The van der Waals surface area contributed by atoms with Crippen LogP contribution in [0.15, 0.2) is 72.1 Å². The van der Waals surface area contributed by atoms with E-state index in [-0.39, 0.29) is 5.91 Å². The van der Waals surface area contributed by atoms with Crippen molar-refractivity contribution in [3.05, 3.63) is 72.6 Å². The molecule has 0 radical (unpaired) electrons. The average molecular weight is 354 g/mol. The Morgan fingerprint density at radius 1 is 1.15 bits per heavy atom. The molecule has 1 saturated carbocycles. The smallest absolute Gasteiger partial charge is 0.267 e. The second kappa shape index (κ2) is 6.43. The van der Waals surface area contributed by atoms with Crippen LogP contribution in [0.4, 0.5) is 0 Å². The zero-order chi connectivity index (χ0) is 18.2. The van der Waals surface area contributed by atoms with Gasteiger partial charge in [-0.25, -0.2) is 10.4 Å². The highest BCUT2D eigenvalue weighted by atomic mass is 16.2. The van der Waals surface area contributed by atoms with Crippen molar-refractivity contribution in [1.29, 1.82) is 0 Å². The number of para-hydroxylation sites is 1. The first-order valence-electron chi connectivity index (χ1n) is 9.13. The van der Waals surface area contributed by atoms with E-state index >= 15 is 0 Å². The summed E-state index contributed by atoms with van der Waals surface area (Å²) in [5.74, 6) is 0.887. The fourth-order valence-electron chi connectivity index (χ4n) is 3.88. The largest absolute Gasteiger partial charge is 0.272 e. The highest BCUT2D eigenvalue weighted by Gasteiger charge is 2.38. The summed E-state index contributed by atoms with van der Waals surface area (Å²) in [4.78, 5) is 21.7. The Morgan fingerprint density at radius 3 is 2.85 bits per heavy atom. The van der Waals surface area contributed by atoms with Crippen molar-refractivity contribution in [3.63, 3.8) is 0 Å². The molecule has 132 valence electrons. The highest BCUT2D eigenvalue weighted by Crippen LogP contribution is 2.40. The molecule has 1 amide bonds. The molecule has 2 aliphatic carbocycles.